The lowest BCUT2D eigenvalue weighted by molar-refractivity contribution is -0.131. The molecule has 2 aliphatic rings. The van der Waals surface area contributed by atoms with Crippen molar-refractivity contribution in [2.45, 2.75) is 60.6 Å². The summed E-state index contributed by atoms with van der Waals surface area (Å²) in [5.74, 6) is 5.02. The Hall–Kier alpha value is -3.47. The number of nitrogens with one attached hydrogen (secondary N) is 4. The van der Waals surface area contributed by atoms with Crippen molar-refractivity contribution in [2.24, 2.45) is 11.6 Å². The predicted molar refractivity (Wildman–Crippen MR) is 182 cm³/mol. The maximum Gasteiger partial charge on any atom is 0.259 e. The summed E-state index contributed by atoms with van der Waals surface area (Å²) in [5.41, 5.74) is 14.3. The van der Waals surface area contributed by atoms with Gasteiger partial charge in [0, 0.05) is 49.0 Å². The maximum atomic E-state index is 13.5. The lowest BCUT2D eigenvalue weighted by Gasteiger charge is -2.30. The van der Waals surface area contributed by atoms with Gasteiger partial charge in [0.15, 0.2) is 0 Å². The lowest BCUT2D eigenvalue weighted by atomic mass is 10.1. The molecule has 2 aromatic carbocycles. The second-order valence-electron chi connectivity index (χ2n) is 11.4. The summed E-state index contributed by atoms with van der Waals surface area (Å²) in [5, 5.41) is 11.7. The van der Waals surface area contributed by atoms with E-state index in [9.17, 15) is 9.59 Å². The van der Waals surface area contributed by atoms with Crippen LogP contribution in [0.1, 0.15) is 36.2 Å². The number of nitrogens with two attached hydrogens (primary N) is 2. The third-order valence-electron chi connectivity index (χ3n) is 8.32. The van der Waals surface area contributed by atoms with Gasteiger partial charge in [-0.05, 0) is 48.2 Å². The molecule has 0 radical (unpaired) electrons. The monoisotopic (exact) mass is 683 g/mol. The number of aryl methyl sites for hydroxylation is 1. The van der Waals surface area contributed by atoms with E-state index in [0.717, 1.165) is 46.8 Å². The number of carbonyl (C=O) groups is 2. The van der Waals surface area contributed by atoms with Crippen molar-refractivity contribution in [3.63, 3.8) is 0 Å². The molecule has 5 rings (SSSR count). The zero-order chi connectivity index (χ0) is 33.3. The number of hydrogen-bond donors (Lipinski definition) is 6. The number of morpholine rings is 1. The molecule has 15 heteroatoms. The van der Waals surface area contributed by atoms with Gasteiger partial charge in [0.2, 0.25) is 6.41 Å². The van der Waals surface area contributed by atoms with E-state index in [4.69, 9.17) is 32.8 Å². The molecule has 8 N–H and O–H groups in total. The summed E-state index contributed by atoms with van der Waals surface area (Å²) in [4.78, 5) is 37.2. The molecular formula is C32H42ClN9O4S. The Kier molecular flexibility index (Phi) is 12.3. The highest BCUT2D eigenvalue weighted by Crippen LogP contribution is 2.42. The Morgan fingerprint density at radius 2 is 2.09 bits per heavy atom. The van der Waals surface area contributed by atoms with Crippen LogP contribution in [0, 0.1) is 0 Å². The van der Waals surface area contributed by atoms with Gasteiger partial charge in [0.25, 0.3) is 5.91 Å². The fourth-order valence-electron chi connectivity index (χ4n) is 5.89. The van der Waals surface area contributed by atoms with Crippen molar-refractivity contribution in [2.75, 3.05) is 43.8 Å². The molecule has 3 unspecified atom stereocenters. The first kappa shape index (κ1) is 34.9. The fourth-order valence-corrected chi connectivity index (χ4v) is 7.28. The van der Waals surface area contributed by atoms with Crippen molar-refractivity contribution in [1.82, 2.24) is 25.9 Å². The van der Waals surface area contributed by atoms with Crippen molar-refractivity contribution in [1.29, 1.82) is 0 Å². The number of anilines is 2. The van der Waals surface area contributed by atoms with Crippen LogP contribution in [-0.4, -0.2) is 74.0 Å². The molecule has 3 heterocycles. The molecule has 4 atom stereocenters. The number of ether oxygens (including phenoxy) is 1. The second kappa shape index (κ2) is 16.6. The molecule has 47 heavy (non-hydrogen) atoms. The number of hydrogen-bond acceptors (Lipinski definition) is 12. The molecule has 0 saturated carbocycles. The van der Waals surface area contributed by atoms with Crippen LogP contribution < -0.4 is 37.9 Å². The quantitative estimate of drug-likeness (QED) is 0.0699. The number of para-hydroxylation sites is 1. The average molecular weight is 684 g/mol. The van der Waals surface area contributed by atoms with E-state index < -0.39 is 12.2 Å². The van der Waals surface area contributed by atoms with Crippen molar-refractivity contribution < 1.29 is 19.2 Å². The van der Waals surface area contributed by atoms with Crippen LogP contribution >= 0.6 is 23.4 Å². The highest BCUT2D eigenvalue weighted by Gasteiger charge is 2.39. The minimum Gasteiger partial charge on any atom is -0.374 e. The van der Waals surface area contributed by atoms with Crippen molar-refractivity contribution in [3.05, 3.63) is 76.4 Å². The maximum absolute atomic E-state index is 13.5. The minimum absolute atomic E-state index is 0.0430. The number of halogens is 1. The Morgan fingerprint density at radius 1 is 1.26 bits per heavy atom. The topological polar surface area (TPSA) is 172 Å². The molecule has 3 aromatic rings. The van der Waals surface area contributed by atoms with Crippen molar-refractivity contribution >= 4 is 47.1 Å². The first-order valence-corrected chi connectivity index (χ1v) is 16.7. The largest absolute Gasteiger partial charge is 0.374 e. The van der Waals surface area contributed by atoms with Gasteiger partial charge in [-0.3, -0.25) is 35.5 Å². The Balaban J connectivity index is 1.30. The smallest absolute Gasteiger partial charge is 0.259 e. The molecule has 2 fully saturated rings. The third-order valence-corrected chi connectivity index (χ3v) is 9.95. The van der Waals surface area contributed by atoms with Crippen LogP contribution in [0.5, 0.6) is 0 Å². The Morgan fingerprint density at radius 3 is 2.81 bits per heavy atom. The zero-order valence-electron chi connectivity index (χ0n) is 26.4. The van der Waals surface area contributed by atoms with Crippen LogP contribution in [0.25, 0.3) is 0 Å². The number of aromatic nitrogens is 1. The third kappa shape index (κ3) is 8.52. The van der Waals surface area contributed by atoms with Gasteiger partial charge < -0.3 is 20.7 Å². The molecule has 13 nitrogen and oxygen atoms in total. The average Bonchev–Trinajstić information content (AvgIpc) is 3.73. The van der Waals surface area contributed by atoms with Crippen LogP contribution in [0.15, 0.2) is 64.6 Å². The number of pyridine rings is 1. The number of nitrogens with zero attached hydrogens (tertiary/aromatic N) is 3. The van der Waals surface area contributed by atoms with Gasteiger partial charge in [-0.25, -0.2) is 10.9 Å². The molecule has 0 aliphatic carbocycles. The number of amides is 2. The lowest BCUT2D eigenvalue weighted by Crippen LogP contribution is -2.53. The van der Waals surface area contributed by atoms with Crippen LogP contribution in [0.2, 0.25) is 5.02 Å². The number of rotatable bonds is 17. The van der Waals surface area contributed by atoms with Gasteiger partial charge in [0.05, 0.1) is 35.6 Å². The molecular weight excluding hydrogens is 642 g/mol. The number of benzene rings is 2. The number of carbonyl (C=O) groups excluding carboxylic acids is 2. The summed E-state index contributed by atoms with van der Waals surface area (Å²) >= 11 is 8.30. The highest BCUT2D eigenvalue weighted by molar-refractivity contribution is 7.99. The van der Waals surface area contributed by atoms with Gasteiger partial charge in [-0.1, -0.05) is 54.6 Å². The highest BCUT2D eigenvalue weighted by atomic mass is 35.5. The van der Waals surface area contributed by atoms with E-state index in [1.807, 2.05) is 36.4 Å². The summed E-state index contributed by atoms with van der Waals surface area (Å²) in [6, 6.07) is 15.1. The fraction of sp³-hybridized carbons (Fsp3) is 0.406. The summed E-state index contributed by atoms with van der Waals surface area (Å²) in [7, 11) is 1.66. The van der Waals surface area contributed by atoms with E-state index in [1.165, 1.54) is 16.8 Å². The Labute approximate surface area is 284 Å². The normalized spacial score (nSPS) is 18.2. The van der Waals surface area contributed by atoms with Crippen LogP contribution in [0.4, 0.5) is 11.4 Å². The SMILES string of the molecule is CCc1ccccc1NN(C)C(=O)[C@H](CNC(N)c1cccnc1Sc1c(Cl)cc(N2CC3CC2CO3)cc1CNC=O)NCON. The zero-order valence-corrected chi connectivity index (χ0v) is 28.0. The minimum atomic E-state index is -0.724. The standard InChI is InChI=1S/C32H42ClN9O4S/c1-3-20-7-4-5-9-27(20)40-41(2)32(44)28(39-19-46-35)15-38-30(34)25-8-6-10-37-31(25)47-29-21(14-36-18-43)11-22(13-26(29)33)42-16-24-12-23(42)17-45-24/h4-11,13,18,23-24,28,30,38-40H,3,12,14-17,19,34-35H2,1-2H3,(H,36,43)/t23?,24?,28-,30?/m0/s1. The van der Waals surface area contributed by atoms with Gasteiger partial charge in [0.1, 0.15) is 17.8 Å². The van der Waals surface area contributed by atoms with Crippen molar-refractivity contribution in [3.8, 4) is 0 Å². The van der Waals surface area contributed by atoms with Gasteiger partial charge in [-0.15, -0.1) is 0 Å². The second-order valence-corrected chi connectivity index (χ2v) is 12.8. The van der Waals surface area contributed by atoms with Gasteiger partial charge in [-0.2, -0.15) is 0 Å². The summed E-state index contributed by atoms with van der Waals surface area (Å²) < 4.78 is 5.77. The molecule has 2 amide bonds. The molecule has 0 spiro atoms. The van der Waals surface area contributed by atoms with E-state index >= 15 is 0 Å². The van der Waals surface area contributed by atoms with E-state index in [0.29, 0.717) is 41.2 Å². The molecule has 2 aliphatic heterocycles. The number of hydrazine groups is 1. The van der Waals surface area contributed by atoms with Crippen LogP contribution in [-0.2, 0) is 32.1 Å². The summed E-state index contributed by atoms with van der Waals surface area (Å²) in [6.07, 6.45) is 3.72. The molecule has 252 valence electrons. The molecule has 2 bridgehead atoms. The van der Waals surface area contributed by atoms with Crippen LogP contribution in [0.3, 0.4) is 0 Å². The molecule has 1 aromatic heterocycles. The summed E-state index contributed by atoms with van der Waals surface area (Å²) in [6.45, 7) is 3.98. The number of fused-ring (bicyclic) bond motifs is 2. The molecule has 2 saturated heterocycles. The predicted octanol–water partition coefficient (Wildman–Crippen LogP) is 2.51. The first-order valence-electron chi connectivity index (χ1n) is 15.5. The van der Waals surface area contributed by atoms with E-state index in [1.54, 1.807) is 19.3 Å². The van der Waals surface area contributed by atoms with E-state index in [2.05, 4.69) is 44.3 Å². The first-order chi connectivity index (χ1) is 22.8. The Bertz CT molecular complexity index is 1540. The van der Waals surface area contributed by atoms with Gasteiger partial charge >= 0.3 is 0 Å². The van der Waals surface area contributed by atoms with E-state index in [-0.39, 0.29) is 25.3 Å². The number of likely N-dealkylation sites (N-methyl/N-ethyl adjacent to an activating group) is 1.